The Hall–Kier alpha value is -4.20. The lowest BCUT2D eigenvalue weighted by molar-refractivity contribution is 1.15. The summed E-state index contributed by atoms with van der Waals surface area (Å²) in [7, 11) is 0. The van der Waals surface area contributed by atoms with Crippen LogP contribution in [0.25, 0.3) is 0 Å². The fourth-order valence-electron chi connectivity index (χ4n) is 4.08. The standard InChI is InChI=1S/C36H24Cl2/c37-35-26-34(24-32-21-17-30(18-22-32)14-12-28-9-5-2-6-10-28)36(38)25-33(35)23-31-19-15-29(16-20-31)13-11-27-7-3-1-4-8-27/h1-10,15-22,25-26H,23-24H2. The van der Waals surface area contributed by atoms with Gasteiger partial charge in [-0.05, 0) is 95.8 Å². The van der Waals surface area contributed by atoms with E-state index in [4.69, 9.17) is 23.2 Å². The number of halogens is 2. The Balaban J connectivity index is 1.24. The molecule has 2 heteroatoms. The highest BCUT2D eigenvalue weighted by atomic mass is 35.5. The van der Waals surface area contributed by atoms with Gasteiger partial charge in [-0.15, -0.1) is 0 Å². The first-order valence-corrected chi connectivity index (χ1v) is 13.2. The molecular weight excluding hydrogens is 503 g/mol. The van der Waals surface area contributed by atoms with E-state index in [9.17, 15) is 0 Å². The maximum Gasteiger partial charge on any atom is 0.0445 e. The molecule has 0 radical (unpaired) electrons. The highest BCUT2D eigenvalue weighted by Gasteiger charge is 2.09. The Bertz CT molecular complexity index is 1520. The topological polar surface area (TPSA) is 0 Å². The lowest BCUT2D eigenvalue weighted by atomic mass is 9.99. The number of rotatable bonds is 4. The molecule has 0 amide bonds. The quantitative estimate of drug-likeness (QED) is 0.205. The van der Waals surface area contributed by atoms with Crippen LogP contribution in [0.1, 0.15) is 44.5 Å². The molecule has 0 atom stereocenters. The summed E-state index contributed by atoms with van der Waals surface area (Å²) in [5, 5.41) is 1.45. The van der Waals surface area contributed by atoms with Gasteiger partial charge in [0, 0.05) is 32.3 Å². The summed E-state index contributed by atoms with van der Waals surface area (Å²) >= 11 is 13.4. The number of hydrogen-bond donors (Lipinski definition) is 0. The second-order valence-corrected chi connectivity index (χ2v) is 9.83. The first kappa shape index (κ1) is 25.4. The second kappa shape index (κ2) is 12.4. The van der Waals surface area contributed by atoms with Crippen LogP contribution in [0.15, 0.2) is 121 Å². The summed E-state index contributed by atoms with van der Waals surface area (Å²) in [6, 6.07) is 40.5. The van der Waals surface area contributed by atoms with Gasteiger partial charge in [-0.3, -0.25) is 0 Å². The highest BCUT2D eigenvalue weighted by molar-refractivity contribution is 6.34. The van der Waals surface area contributed by atoms with Crippen molar-refractivity contribution in [1.29, 1.82) is 0 Å². The molecule has 0 aliphatic rings. The van der Waals surface area contributed by atoms with Gasteiger partial charge < -0.3 is 0 Å². The van der Waals surface area contributed by atoms with Crippen LogP contribution >= 0.6 is 23.2 Å². The van der Waals surface area contributed by atoms with E-state index >= 15 is 0 Å². The minimum absolute atomic E-state index is 0.708. The van der Waals surface area contributed by atoms with Crippen LogP contribution in [0.2, 0.25) is 10.0 Å². The smallest absolute Gasteiger partial charge is 0.0445 e. The van der Waals surface area contributed by atoms with Gasteiger partial charge in [-0.2, -0.15) is 0 Å². The molecule has 0 heterocycles. The van der Waals surface area contributed by atoms with E-state index in [1.165, 1.54) is 0 Å². The predicted molar refractivity (Wildman–Crippen MR) is 160 cm³/mol. The summed E-state index contributed by atoms with van der Waals surface area (Å²) in [5.41, 5.74) is 8.31. The van der Waals surface area contributed by atoms with Crippen molar-refractivity contribution in [2.75, 3.05) is 0 Å². The molecule has 0 bridgehead atoms. The molecule has 5 aromatic carbocycles. The zero-order valence-electron chi connectivity index (χ0n) is 20.7. The number of hydrogen-bond acceptors (Lipinski definition) is 0. The van der Waals surface area contributed by atoms with E-state index in [0.29, 0.717) is 12.8 Å². The SMILES string of the molecule is Clc1cc(Cc2ccc(C#Cc3ccccc3)cc2)c(Cl)cc1Cc1ccc(C#Cc2ccccc2)cc1. The van der Waals surface area contributed by atoms with Crippen molar-refractivity contribution in [2.24, 2.45) is 0 Å². The van der Waals surface area contributed by atoms with Gasteiger partial charge in [0.25, 0.3) is 0 Å². The molecule has 0 fully saturated rings. The highest BCUT2D eigenvalue weighted by Crippen LogP contribution is 2.29. The maximum atomic E-state index is 6.69. The summed E-state index contributed by atoms with van der Waals surface area (Å²) in [6.45, 7) is 0. The largest absolute Gasteiger partial charge is 0.0840 e. The van der Waals surface area contributed by atoms with Gasteiger partial charge in [0.1, 0.15) is 0 Å². The normalized spacial score (nSPS) is 10.2. The minimum atomic E-state index is 0.708. The minimum Gasteiger partial charge on any atom is -0.0840 e. The van der Waals surface area contributed by atoms with Gasteiger partial charge in [0.2, 0.25) is 0 Å². The summed E-state index contributed by atoms with van der Waals surface area (Å²) in [6.07, 6.45) is 1.42. The summed E-state index contributed by atoms with van der Waals surface area (Å²) < 4.78 is 0. The van der Waals surface area contributed by atoms with Crippen molar-refractivity contribution in [3.63, 3.8) is 0 Å². The van der Waals surface area contributed by atoms with E-state index in [2.05, 4.69) is 47.9 Å². The predicted octanol–water partition coefficient (Wildman–Crippen LogP) is 8.97. The van der Waals surface area contributed by atoms with Crippen molar-refractivity contribution in [3.05, 3.63) is 176 Å². The molecule has 0 saturated heterocycles. The van der Waals surface area contributed by atoms with E-state index in [1.807, 2.05) is 97.1 Å². The van der Waals surface area contributed by atoms with Crippen LogP contribution in [-0.4, -0.2) is 0 Å². The van der Waals surface area contributed by atoms with Crippen LogP contribution in [-0.2, 0) is 12.8 Å². The van der Waals surface area contributed by atoms with Crippen LogP contribution in [0.3, 0.4) is 0 Å². The average Bonchev–Trinajstić information content (AvgIpc) is 2.96. The second-order valence-electron chi connectivity index (χ2n) is 9.01. The summed E-state index contributed by atoms with van der Waals surface area (Å²) in [5.74, 6) is 12.8. The monoisotopic (exact) mass is 526 g/mol. The Morgan fingerprint density at radius 1 is 0.395 bits per heavy atom. The van der Waals surface area contributed by atoms with Crippen molar-refractivity contribution in [3.8, 4) is 23.7 Å². The zero-order chi connectivity index (χ0) is 26.2. The maximum absolute atomic E-state index is 6.69. The third-order valence-electron chi connectivity index (χ3n) is 6.16. The van der Waals surface area contributed by atoms with E-state index in [1.54, 1.807) is 0 Å². The van der Waals surface area contributed by atoms with Gasteiger partial charge in [-0.1, -0.05) is 108 Å². The summed E-state index contributed by atoms with van der Waals surface area (Å²) in [4.78, 5) is 0. The third kappa shape index (κ3) is 6.97. The zero-order valence-corrected chi connectivity index (χ0v) is 22.2. The van der Waals surface area contributed by atoms with Crippen molar-refractivity contribution in [1.82, 2.24) is 0 Å². The molecule has 0 aromatic heterocycles. The molecule has 0 spiro atoms. The average molecular weight is 527 g/mol. The lowest BCUT2D eigenvalue weighted by Gasteiger charge is -2.11. The molecule has 5 rings (SSSR count). The Morgan fingerprint density at radius 3 is 1.05 bits per heavy atom. The lowest BCUT2D eigenvalue weighted by Crippen LogP contribution is -1.95. The van der Waals surface area contributed by atoms with Gasteiger partial charge in [-0.25, -0.2) is 0 Å². The molecule has 5 aromatic rings. The molecule has 38 heavy (non-hydrogen) atoms. The molecule has 0 unspecified atom stereocenters. The fraction of sp³-hybridized carbons (Fsp3) is 0.0556. The Morgan fingerprint density at radius 2 is 0.711 bits per heavy atom. The third-order valence-corrected chi connectivity index (χ3v) is 6.87. The van der Waals surface area contributed by atoms with Crippen LogP contribution < -0.4 is 0 Å². The van der Waals surface area contributed by atoms with Gasteiger partial charge in [0.15, 0.2) is 0 Å². The van der Waals surface area contributed by atoms with Crippen LogP contribution in [0.4, 0.5) is 0 Å². The van der Waals surface area contributed by atoms with Crippen molar-refractivity contribution >= 4 is 23.2 Å². The van der Waals surface area contributed by atoms with Crippen molar-refractivity contribution < 1.29 is 0 Å². The molecule has 0 N–H and O–H groups in total. The van der Waals surface area contributed by atoms with Crippen LogP contribution in [0, 0.1) is 23.7 Å². The van der Waals surface area contributed by atoms with E-state index in [-0.39, 0.29) is 0 Å². The van der Waals surface area contributed by atoms with E-state index < -0.39 is 0 Å². The Labute approximate surface area is 234 Å². The molecule has 0 nitrogen and oxygen atoms in total. The molecule has 0 aliphatic heterocycles. The molecule has 0 aliphatic carbocycles. The van der Waals surface area contributed by atoms with Crippen LogP contribution in [0.5, 0.6) is 0 Å². The molecule has 182 valence electrons. The first-order chi connectivity index (χ1) is 18.6. The van der Waals surface area contributed by atoms with E-state index in [0.717, 1.165) is 54.6 Å². The Kier molecular flexibility index (Phi) is 8.28. The number of benzene rings is 5. The van der Waals surface area contributed by atoms with Gasteiger partial charge in [0.05, 0.1) is 0 Å². The van der Waals surface area contributed by atoms with Crippen molar-refractivity contribution in [2.45, 2.75) is 12.8 Å². The molecule has 0 saturated carbocycles. The van der Waals surface area contributed by atoms with Gasteiger partial charge >= 0.3 is 0 Å². The molecular formula is C36H24Cl2. The fourth-order valence-corrected chi connectivity index (χ4v) is 4.59. The first-order valence-electron chi connectivity index (χ1n) is 12.4.